The first kappa shape index (κ1) is 7.82. The zero-order valence-corrected chi connectivity index (χ0v) is 6.76. The van der Waals surface area contributed by atoms with Gasteiger partial charge in [-0.15, -0.1) is 0 Å². The van der Waals surface area contributed by atoms with Crippen LogP contribution in [0.15, 0.2) is 0 Å². The molecular weight excluding hydrogens is 160 g/mol. The largest absolute Gasteiger partial charge is 0.437 e. The standard InChI is InChI=1S/C7H12N2O3/c10-6-9-4-7(12-6)3-8-1-2-11-5-7/h8H,1-5H2,(H,9,10)/t7-/m1/s1. The predicted octanol–water partition coefficient (Wildman–Crippen LogP) is -0.915. The zero-order valence-electron chi connectivity index (χ0n) is 6.76. The molecule has 1 atom stereocenters. The van der Waals surface area contributed by atoms with Crippen molar-refractivity contribution < 1.29 is 14.3 Å². The summed E-state index contributed by atoms with van der Waals surface area (Å²) in [7, 11) is 0. The van der Waals surface area contributed by atoms with Gasteiger partial charge in [0.25, 0.3) is 0 Å². The van der Waals surface area contributed by atoms with E-state index in [0.717, 1.165) is 6.54 Å². The summed E-state index contributed by atoms with van der Waals surface area (Å²) in [6.45, 7) is 3.20. The first-order valence-corrected chi connectivity index (χ1v) is 4.06. The topological polar surface area (TPSA) is 59.6 Å². The second-order valence-corrected chi connectivity index (χ2v) is 3.16. The third-order valence-electron chi connectivity index (χ3n) is 2.10. The summed E-state index contributed by atoms with van der Waals surface area (Å²) in [5.41, 5.74) is -0.465. The minimum atomic E-state index is -0.465. The van der Waals surface area contributed by atoms with Gasteiger partial charge in [0.1, 0.15) is 0 Å². The number of hydrogen-bond donors (Lipinski definition) is 2. The Morgan fingerprint density at radius 1 is 1.42 bits per heavy atom. The summed E-state index contributed by atoms with van der Waals surface area (Å²) in [6.07, 6.45) is -0.345. The maximum atomic E-state index is 10.8. The maximum absolute atomic E-state index is 10.8. The zero-order chi connectivity index (χ0) is 8.44. The van der Waals surface area contributed by atoms with E-state index < -0.39 is 5.60 Å². The molecule has 12 heavy (non-hydrogen) atoms. The van der Waals surface area contributed by atoms with Crippen LogP contribution in [-0.4, -0.2) is 44.5 Å². The van der Waals surface area contributed by atoms with Crippen molar-refractivity contribution in [2.45, 2.75) is 5.60 Å². The van der Waals surface area contributed by atoms with Crippen LogP contribution in [0.2, 0.25) is 0 Å². The SMILES string of the molecule is O=C1NC[C@@]2(CNCCOC2)O1. The number of rotatable bonds is 0. The molecule has 2 N–H and O–H groups in total. The Morgan fingerprint density at radius 2 is 2.33 bits per heavy atom. The van der Waals surface area contributed by atoms with E-state index in [-0.39, 0.29) is 6.09 Å². The molecule has 2 saturated heterocycles. The molecule has 2 heterocycles. The highest BCUT2D eigenvalue weighted by Crippen LogP contribution is 2.16. The first-order valence-electron chi connectivity index (χ1n) is 4.06. The van der Waals surface area contributed by atoms with Crippen LogP contribution in [0, 0.1) is 0 Å². The molecule has 1 amide bonds. The number of alkyl carbamates (subject to hydrolysis) is 1. The quantitative estimate of drug-likeness (QED) is 0.496. The van der Waals surface area contributed by atoms with Gasteiger partial charge >= 0.3 is 6.09 Å². The molecule has 68 valence electrons. The predicted molar refractivity (Wildman–Crippen MR) is 40.9 cm³/mol. The molecule has 0 unspecified atom stereocenters. The molecule has 2 rings (SSSR count). The summed E-state index contributed by atoms with van der Waals surface area (Å²) in [4.78, 5) is 10.8. The van der Waals surface area contributed by atoms with Crippen LogP contribution >= 0.6 is 0 Å². The second-order valence-electron chi connectivity index (χ2n) is 3.16. The third-order valence-corrected chi connectivity index (χ3v) is 2.10. The number of carbonyl (C=O) groups is 1. The Balaban J connectivity index is 2.03. The third kappa shape index (κ3) is 1.37. The fourth-order valence-electron chi connectivity index (χ4n) is 1.45. The molecule has 5 nitrogen and oxygen atoms in total. The number of amides is 1. The molecule has 2 fully saturated rings. The van der Waals surface area contributed by atoms with Gasteiger partial charge in [0.15, 0.2) is 5.60 Å². The fourth-order valence-corrected chi connectivity index (χ4v) is 1.45. The van der Waals surface area contributed by atoms with Crippen molar-refractivity contribution >= 4 is 6.09 Å². The van der Waals surface area contributed by atoms with Crippen LogP contribution in [0.5, 0.6) is 0 Å². The van der Waals surface area contributed by atoms with E-state index >= 15 is 0 Å². The molecule has 1 spiro atoms. The van der Waals surface area contributed by atoms with Crippen LogP contribution < -0.4 is 10.6 Å². The normalized spacial score (nSPS) is 35.8. The number of carbonyl (C=O) groups excluding carboxylic acids is 1. The van der Waals surface area contributed by atoms with Crippen LogP contribution in [0.1, 0.15) is 0 Å². The van der Waals surface area contributed by atoms with Gasteiger partial charge in [0, 0.05) is 13.1 Å². The monoisotopic (exact) mass is 172 g/mol. The van der Waals surface area contributed by atoms with E-state index in [0.29, 0.717) is 26.3 Å². The average molecular weight is 172 g/mol. The van der Waals surface area contributed by atoms with Crippen molar-refractivity contribution in [3.8, 4) is 0 Å². The van der Waals surface area contributed by atoms with Crippen molar-refractivity contribution in [1.82, 2.24) is 10.6 Å². The van der Waals surface area contributed by atoms with Gasteiger partial charge in [-0.05, 0) is 0 Å². The Kier molecular flexibility index (Phi) is 1.90. The highest BCUT2D eigenvalue weighted by Gasteiger charge is 2.41. The van der Waals surface area contributed by atoms with E-state index in [4.69, 9.17) is 9.47 Å². The fraction of sp³-hybridized carbons (Fsp3) is 0.857. The number of nitrogens with one attached hydrogen (secondary N) is 2. The smallest absolute Gasteiger partial charge is 0.408 e. The molecule has 0 saturated carbocycles. The first-order chi connectivity index (χ1) is 5.81. The van der Waals surface area contributed by atoms with Gasteiger partial charge in [0.2, 0.25) is 0 Å². The van der Waals surface area contributed by atoms with Gasteiger partial charge in [-0.1, -0.05) is 0 Å². The molecular formula is C7H12N2O3. The minimum Gasteiger partial charge on any atom is -0.437 e. The summed E-state index contributed by atoms with van der Waals surface area (Å²) >= 11 is 0. The molecule has 0 bridgehead atoms. The van der Waals surface area contributed by atoms with Crippen molar-refractivity contribution in [3.63, 3.8) is 0 Å². The lowest BCUT2D eigenvalue weighted by Gasteiger charge is -2.22. The Labute approximate surface area is 70.4 Å². The molecule has 0 radical (unpaired) electrons. The highest BCUT2D eigenvalue weighted by atomic mass is 16.6. The summed E-state index contributed by atoms with van der Waals surface area (Å²) in [5, 5.41) is 5.78. The van der Waals surface area contributed by atoms with Crippen LogP contribution in [0.3, 0.4) is 0 Å². The van der Waals surface area contributed by atoms with Crippen molar-refractivity contribution in [2.75, 3.05) is 32.8 Å². The van der Waals surface area contributed by atoms with E-state index in [1.807, 2.05) is 0 Å². The van der Waals surface area contributed by atoms with Gasteiger partial charge in [0.05, 0.1) is 19.8 Å². The van der Waals surface area contributed by atoms with Gasteiger partial charge < -0.3 is 20.1 Å². The van der Waals surface area contributed by atoms with Crippen molar-refractivity contribution in [1.29, 1.82) is 0 Å². The minimum absolute atomic E-state index is 0.345. The molecule has 2 aliphatic heterocycles. The number of ether oxygens (including phenoxy) is 2. The van der Waals surface area contributed by atoms with Gasteiger partial charge in [-0.3, -0.25) is 0 Å². The average Bonchev–Trinajstić information content (AvgIpc) is 2.30. The van der Waals surface area contributed by atoms with E-state index in [9.17, 15) is 4.79 Å². The molecule has 0 aromatic carbocycles. The molecule has 0 aliphatic carbocycles. The second kappa shape index (κ2) is 2.91. The highest BCUT2D eigenvalue weighted by molar-refractivity contribution is 5.70. The van der Waals surface area contributed by atoms with E-state index in [1.54, 1.807) is 0 Å². The van der Waals surface area contributed by atoms with Crippen LogP contribution in [-0.2, 0) is 9.47 Å². The Morgan fingerprint density at radius 3 is 3.08 bits per heavy atom. The lowest BCUT2D eigenvalue weighted by atomic mass is 10.1. The summed E-state index contributed by atoms with van der Waals surface area (Å²) in [6, 6.07) is 0. The summed E-state index contributed by atoms with van der Waals surface area (Å²) in [5.74, 6) is 0. The van der Waals surface area contributed by atoms with Crippen LogP contribution in [0.4, 0.5) is 4.79 Å². The molecule has 0 aromatic rings. The van der Waals surface area contributed by atoms with Crippen LogP contribution in [0.25, 0.3) is 0 Å². The molecule has 5 heteroatoms. The Bertz CT molecular complexity index is 187. The van der Waals surface area contributed by atoms with E-state index in [2.05, 4.69) is 10.6 Å². The van der Waals surface area contributed by atoms with Crippen molar-refractivity contribution in [2.24, 2.45) is 0 Å². The van der Waals surface area contributed by atoms with Crippen molar-refractivity contribution in [3.05, 3.63) is 0 Å². The number of hydrogen-bond acceptors (Lipinski definition) is 4. The van der Waals surface area contributed by atoms with Gasteiger partial charge in [-0.25, -0.2) is 4.79 Å². The molecule has 0 aromatic heterocycles. The lowest BCUT2D eigenvalue weighted by Crippen LogP contribution is -2.45. The maximum Gasteiger partial charge on any atom is 0.408 e. The van der Waals surface area contributed by atoms with E-state index in [1.165, 1.54) is 0 Å². The van der Waals surface area contributed by atoms with Gasteiger partial charge in [-0.2, -0.15) is 0 Å². The lowest BCUT2D eigenvalue weighted by molar-refractivity contribution is -0.00749. The molecule has 2 aliphatic rings. The Hall–Kier alpha value is -0.810. The summed E-state index contributed by atoms with van der Waals surface area (Å²) < 4.78 is 10.4.